The average molecular weight is 367 g/mol. The molecule has 3 rings (SSSR count). The van der Waals surface area contributed by atoms with Crippen LogP contribution in [0.5, 0.6) is 5.88 Å². The maximum absolute atomic E-state index is 11.3. The second-order valence-corrected chi connectivity index (χ2v) is 6.42. The number of hydrazone groups is 1. The lowest BCUT2D eigenvalue weighted by molar-refractivity contribution is -0.121. The van der Waals surface area contributed by atoms with Crippen LogP contribution in [-0.4, -0.2) is 33.2 Å². The maximum atomic E-state index is 11.3. The summed E-state index contributed by atoms with van der Waals surface area (Å²) in [6.45, 7) is 6.71. The first kappa shape index (κ1) is 18.8. The molecule has 0 radical (unpaired) electrons. The van der Waals surface area contributed by atoms with E-state index in [1.807, 2.05) is 29.7 Å². The van der Waals surface area contributed by atoms with Crippen molar-refractivity contribution >= 4 is 34.4 Å². The molecular weight excluding hydrogens is 342 g/mol. The van der Waals surface area contributed by atoms with E-state index in [2.05, 4.69) is 34.6 Å². The molecule has 1 aromatic heterocycles. The standard InChI is InChI=1S/C20H25N5O2/c1-4-14(5-2)22-21-12-16-15-8-7-13(17-9-10-19(26)24-23-17)11-18(15)25(6-3)20(16)27/h7-8,11-12,27H,4-6,9-10H2,1-3H3,(H,24,26). The number of rotatable bonds is 6. The fourth-order valence-corrected chi connectivity index (χ4v) is 3.23. The summed E-state index contributed by atoms with van der Waals surface area (Å²) in [5.74, 6) is 0.115. The quantitative estimate of drug-likeness (QED) is 0.603. The lowest BCUT2D eigenvalue weighted by Gasteiger charge is -2.12. The van der Waals surface area contributed by atoms with Crippen LogP contribution in [0.25, 0.3) is 10.9 Å². The van der Waals surface area contributed by atoms with Crippen molar-refractivity contribution in [2.75, 3.05) is 0 Å². The number of carbonyl (C=O) groups is 1. The molecule has 1 aliphatic rings. The van der Waals surface area contributed by atoms with E-state index in [1.54, 1.807) is 6.21 Å². The summed E-state index contributed by atoms with van der Waals surface area (Å²) in [6, 6.07) is 5.92. The molecule has 0 atom stereocenters. The number of fused-ring (bicyclic) bond motifs is 1. The Morgan fingerprint density at radius 2 is 2.07 bits per heavy atom. The molecule has 7 nitrogen and oxygen atoms in total. The summed E-state index contributed by atoms with van der Waals surface area (Å²) in [5, 5.41) is 24.2. The van der Waals surface area contributed by atoms with Gasteiger partial charge in [-0.3, -0.25) is 4.79 Å². The second-order valence-electron chi connectivity index (χ2n) is 6.42. The monoisotopic (exact) mass is 367 g/mol. The van der Waals surface area contributed by atoms with Crippen molar-refractivity contribution in [3.8, 4) is 5.88 Å². The minimum absolute atomic E-state index is 0.0630. The zero-order chi connectivity index (χ0) is 19.4. The molecule has 27 heavy (non-hydrogen) atoms. The maximum Gasteiger partial charge on any atom is 0.240 e. The van der Waals surface area contributed by atoms with Gasteiger partial charge < -0.3 is 9.67 Å². The fourth-order valence-electron chi connectivity index (χ4n) is 3.23. The summed E-state index contributed by atoms with van der Waals surface area (Å²) in [4.78, 5) is 11.3. The summed E-state index contributed by atoms with van der Waals surface area (Å²) >= 11 is 0. The normalized spacial score (nSPS) is 14.5. The van der Waals surface area contributed by atoms with Gasteiger partial charge in [-0.25, -0.2) is 5.43 Å². The van der Waals surface area contributed by atoms with Gasteiger partial charge in [-0.15, -0.1) is 0 Å². The largest absolute Gasteiger partial charge is 0.494 e. The highest BCUT2D eigenvalue weighted by atomic mass is 16.3. The Morgan fingerprint density at radius 3 is 2.70 bits per heavy atom. The molecule has 2 heterocycles. The molecule has 2 aromatic rings. The Hall–Kier alpha value is -2.96. The van der Waals surface area contributed by atoms with Crippen LogP contribution in [0.15, 0.2) is 33.5 Å². The van der Waals surface area contributed by atoms with Crippen LogP contribution >= 0.6 is 0 Å². The number of carbonyl (C=O) groups excluding carboxylic acids is 1. The predicted molar refractivity (Wildman–Crippen MR) is 109 cm³/mol. The van der Waals surface area contributed by atoms with Crippen molar-refractivity contribution in [3.05, 3.63) is 29.3 Å². The number of aryl methyl sites for hydroxylation is 1. The third-order valence-corrected chi connectivity index (χ3v) is 4.83. The molecule has 0 saturated heterocycles. The minimum atomic E-state index is -0.0630. The zero-order valence-electron chi connectivity index (χ0n) is 16.0. The molecule has 1 amide bonds. The molecule has 2 N–H and O–H groups in total. The van der Waals surface area contributed by atoms with Gasteiger partial charge in [0.25, 0.3) is 0 Å². The van der Waals surface area contributed by atoms with E-state index in [0.717, 1.165) is 40.7 Å². The third kappa shape index (κ3) is 3.77. The number of aromatic nitrogens is 1. The Balaban J connectivity index is 2.04. The van der Waals surface area contributed by atoms with Crippen molar-refractivity contribution in [1.29, 1.82) is 0 Å². The first-order valence-corrected chi connectivity index (χ1v) is 9.38. The molecule has 0 aliphatic carbocycles. The molecule has 0 fully saturated rings. The molecule has 1 aliphatic heterocycles. The Labute approximate surface area is 158 Å². The van der Waals surface area contributed by atoms with E-state index in [-0.39, 0.29) is 11.8 Å². The molecule has 142 valence electrons. The fraction of sp³-hybridized carbons (Fsp3) is 0.400. The molecule has 0 saturated carbocycles. The first-order chi connectivity index (χ1) is 13.1. The van der Waals surface area contributed by atoms with Gasteiger partial charge in [-0.05, 0) is 31.4 Å². The van der Waals surface area contributed by atoms with Crippen LogP contribution < -0.4 is 5.43 Å². The van der Waals surface area contributed by atoms with Crippen LogP contribution in [0.4, 0.5) is 0 Å². The van der Waals surface area contributed by atoms with Gasteiger partial charge in [0.15, 0.2) is 0 Å². The van der Waals surface area contributed by atoms with Gasteiger partial charge in [0.1, 0.15) is 0 Å². The van der Waals surface area contributed by atoms with E-state index in [0.29, 0.717) is 24.9 Å². The van der Waals surface area contributed by atoms with Gasteiger partial charge >= 0.3 is 0 Å². The van der Waals surface area contributed by atoms with Gasteiger partial charge in [0.05, 0.1) is 23.0 Å². The van der Waals surface area contributed by atoms with Gasteiger partial charge in [0.2, 0.25) is 11.8 Å². The Kier molecular flexibility index (Phi) is 5.69. The van der Waals surface area contributed by atoms with E-state index < -0.39 is 0 Å². The van der Waals surface area contributed by atoms with Crippen LogP contribution in [-0.2, 0) is 11.3 Å². The number of nitrogens with zero attached hydrogens (tertiary/aromatic N) is 4. The number of amides is 1. The van der Waals surface area contributed by atoms with E-state index in [1.165, 1.54) is 0 Å². The third-order valence-electron chi connectivity index (χ3n) is 4.83. The zero-order valence-corrected chi connectivity index (χ0v) is 16.0. The summed E-state index contributed by atoms with van der Waals surface area (Å²) < 4.78 is 1.84. The highest BCUT2D eigenvalue weighted by molar-refractivity contribution is 6.09. The van der Waals surface area contributed by atoms with Crippen molar-refractivity contribution in [3.63, 3.8) is 0 Å². The van der Waals surface area contributed by atoms with Gasteiger partial charge in [-0.1, -0.05) is 26.0 Å². The van der Waals surface area contributed by atoms with E-state index in [4.69, 9.17) is 0 Å². The first-order valence-electron chi connectivity index (χ1n) is 9.38. The number of benzene rings is 1. The minimum Gasteiger partial charge on any atom is -0.494 e. The molecule has 0 bridgehead atoms. The molecule has 0 spiro atoms. The van der Waals surface area contributed by atoms with E-state index in [9.17, 15) is 9.90 Å². The van der Waals surface area contributed by atoms with Crippen molar-refractivity contribution in [2.45, 2.75) is 53.0 Å². The lowest BCUT2D eigenvalue weighted by atomic mass is 10.0. The van der Waals surface area contributed by atoms with E-state index >= 15 is 0 Å². The van der Waals surface area contributed by atoms with Gasteiger partial charge in [0, 0.05) is 30.5 Å². The SMILES string of the molecule is CCC(CC)=NN=Cc1c(O)n(CC)c2cc(C3=NNC(=O)CC3)ccc12. The van der Waals surface area contributed by atoms with Crippen LogP contribution in [0.1, 0.15) is 57.6 Å². The molecule has 7 heteroatoms. The number of hydrogen-bond acceptors (Lipinski definition) is 5. The smallest absolute Gasteiger partial charge is 0.240 e. The summed E-state index contributed by atoms with van der Waals surface area (Å²) in [5.41, 5.74) is 6.90. The molecule has 1 aromatic carbocycles. The number of hydrogen-bond donors (Lipinski definition) is 2. The van der Waals surface area contributed by atoms with Crippen molar-refractivity contribution in [2.24, 2.45) is 15.3 Å². The van der Waals surface area contributed by atoms with Crippen molar-refractivity contribution < 1.29 is 9.90 Å². The average Bonchev–Trinajstić information content (AvgIpc) is 2.96. The topological polar surface area (TPSA) is 91.3 Å². The van der Waals surface area contributed by atoms with Crippen LogP contribution in [0.2, 0.25) is 0 Å². The summed E-state index contributed by atoms with van der Waals surface area (Å²) in [7, 11) is 0. The van der Waals surface area contributed by atoms with Gasteiger partial charge in [-0.2, -0.15) is 15.3 Å². The van der Waals surface area contributed by atoms with Crippen molar-refractivity contribution in [1.82, 2.24) is 9.99 Å². The van der Waals surface area contributed by atoms with Crippen LogP contribution in [0, 0.1) is 0 Å². The Morgan fingerprint density at radius 1 is 1.30 bits per heavy atom. The Bertz CT molecular complexity index is 947. The second kappa shape index (κ2) is 8.16. The molecular formula is C20H25N5O2. The highest BCUT2D eigenvalue weighted by Gasteiger charge is 2.18. The predicted octanol–water partition coefficient (Wildman–Crippen LogP) is 3.58. The number of aromatic hydroxyl groups is 1. The molecule has 0 unspecified atom stereocenters. The highest BCUT2D eigenvalue weighted by Crippen LogP contribution is 2.31. The van der Waals surface area contributed by atoms with Crippen LogP contribution in [0.3, 0.4) is 0 Å². The lowest BCUT2D eigenvalue weighted by Crippen LogP contribution is -2.25. The number of nitrogens with one attached hydrogen (secondary N) is 1. The summed E-state index contributed by atoms with van der Waals surface area (Å²) in [6.07, 6.45) is 4.38.